The average Bonchev–Trinajstić information content (AvgIpc) is 3.16. The summed E-state index contributed by atoms with van der Waals surface area (Å²) in [7, 11) is 0. The van der Waals surface area contributed by atoms with E-state index in [1.807, 2.05) is 4.90 Å². The Hall–Kier alpha value is -4.67. The van der Waals surface area contributed by atoms with Crippen molar-refractivity contribution in [2.45, 2.75) is 58.0 Å². The number of rotatable bonds is 4. The Morgan fingerprint density at radius 2 is 0.683 bits per heavy atom. The van der Waals surface area contributed by atoms with Gasteiger partial charge in [0.25, 0.3) is 0 Å². The summed E-state index contributed by atoms with van der Waals surface area (Å²) in [6.07, 6.45) is -15.8. The minimum absolute atomic E-state index is 0.00310. The number of amides is 6. The standard InChI is InChI=1S/C37H51F9N8O6/c1-28(55)49-12-4-14-51(32(57)37(44,45)46)23-24-53(34(39)59)15-3-11-47(18-20-49)26-29-6-8-30(9-7-29)27-48-10-2-13-50(31(56)36(41,42)43)22-25-54(35(40)60)17-5-16-52(21-19-48)33(38)58/h6-9H,2-5,10-27H2,1H3. The van der Waals surface area contributed by atoms with E-state index in [2.05, 4.69) is 0 Å². The van der Waals surface area contributed by atoms with E-state index in [-0.39, 0.29) is 104 Å². The molecule has 1 aromatic carbocycles. The van der Waals surface area contributed by atoms with Crippen LogP contribution < -0.4 is 0 Å². The molecule has 6 amide bonds. The second kappa shape index (κ2) is 23.4. The van der Waals surface area contributed by atoms with Crippen LogP contribution >= 0.6 is 0 Å². The van der Waals surface area contributed by atoms with E-state index in [1.165, 1.54) is 11.8 Å². The molecule has 2 saturated heterocycles. The summed E-state index contributed by atoms with van der Waals surface area (Å²) in [4.78, 5) is 80.0. The summed E-state index contributed by atoms with van der Waals surface area (Å²) in [5.74, 6) is -4.60. The molecule has 0 saturated carbocycles. The summed E-state index contributed by atoms with van der Waals surface area (Å²) in [5, 5.41) is 0. The van der Waals surface area contributed by atoms with Crippen molar-refractivity contribution in [3.63, 3.8) is 0 Å². The minimum Gasteiger partial charge on any atom is -0.342 e. The van der Waals surface area contributed by atoms with E-state index >= 15 is 0 Å². The van der Waals surface area contributed by atoms with Crippen molar-refractivity contribution in [2.75, 3.05) is 105 Å². The average molecular weight is 875 g/mol. The number of nitrogens with zero attached hydrogens (tertiary/aromatic N) is 8. The first-order valence-electron chi connectivity index (χ1n) is 19.5. The topological polar surface area (TPSA) is 128 Å². The molecule has 338 valence electrons. The number of alkyl halides is 6. The van der Waals surface area contributed by atoms with Crippen LogP contribution in [-0.4, -0.2) is 192 Å². The van der Waals surface area contributed by atoms with Crippen molar-refractivity contribution >= 4 is 36.2 Å². The third-order valence-corrected chi connectivity index (χ3v) is 10.3. The van der Waals surface area contributed by atoms with Gasteiger partial charge in [0.05, 0.1) is 0 Å². The quantitative estimate of drug-likeness (QED) is 0.243. The fourth-order valence-electron chi connectivity index (χ4n) is 6.97. The third-order valence-electron chi connectivity index (χ3n) is 10.3. The van der Waals surface area contributed by atoms with E-state index in [4.69, 9.17) is 0 Å². The number of carbonyl (C=O) groups excluding carboxylic acids is 6. The Morgan fingerprint density at radius 1 is 0.417 bits per heavy atom. The lowest BCUT2D eigenvalue weighted by Gasteiger charge is -2.31. The van der Waals surface area contributed by atoms with Crippen LogP contribution in [0.3, 0.4) is 0 Å². The van der Waals surface area contributed by atoms with E-state index in [0.717, 1.165) is 20.9 Å². The normalized spacial score (nSPS) is 19.0. The van der Waals surface area contributed by atoms with Crippen LogP contribution in [0.15, 0.2) is 24.3 Å². The highest BCUT2D eigenvalue weighted by molar-refractivity contribution is 5.82. The minimum atomic E-state index is -5.21. The molecule has 23 heteroatoms. The highest BCUT2D eigenvalue weighted by Gasteiger charge is 2.43. The van der Waals surface area contributed by atoms with Crippen LogP contribution in [0.4, 0.5) is 53.9 Å². The Morgan fingerprint density at radius 3 is 1.00 bits per heavy atom. The van der Waals surface area contributed by atoms with Crippen LogP contribution in [0.25, 0.3) is 0 Å². The molecule has 2 aliphatic heterocycles. The molecule has 14 nitrogen and oxygen atoms in total. The van der Waals surface area contributed by atoms with Crippen LogP contribution in [0.2, 0.25) is 0 Å². The molecule has 0 aliphatic carbocycles. The van der Waals surface area contributed by atoms with Crippen molar-refractivity contribution in [3.05, 3.63) is 35.4 Å². The summed E-state index contributed by atoms with van der Waals surface area (Å²) < 4.78 is 122. The maximum absolute atomic E-state index is 14.0. The van der Waals surface area contributed by atoms with E-state index in [0.29, 0.717) is 27.8 Å². The Balaban J connectivity index is 1.74. The van der Waals surface area contributed by atoms with E-state index < -0.39 is 75.4 Å². The van der Waals surface area contributed by atoms with Crippen LogP contribution in [-0.2, 0) is 27.5 Å². The molecule has 0 spiro atoms. The zero-order chi connectivity index (χ0) is 44.6. The summed E-state index contributed by atoms with van der Waals surface area (Å²) >= 11 is 0. The van der Waals surface area contributed by atoms with Crippen molar-refractivity contribution in [1.82, 2.24) is 39.2 Å². The van der Waals surface area contributed by atoms with Crippen molar-refractivity contribution in [3.8, 4) is 0 Å². The summed E-state index contributed by atoms with van der Waals surface area (Å²) in [6.45, 7) is -0.960. The zero-order valence-corrected chi connectivity index (χ0v) is 33.3. The molecule has 1 aromatic rings. The van der Waals surface area contributed by atoms with Gasteiger partial charge in [-0.15, -0.1) is 13.2 Å². The Kier molecular flexibility index (Phi) is 19.3. The van der Waals surface area contributed by atoms with E-state index in [1.54, 1.807) is 29.2 Å². The number of halogens is 9. The molecule has 0 unspecified atom stereocenters. The molecule has 0 aromatic heterocycles. The second-order valence-corrected chi connectivity index (χ2v) is 14.6. The maximum Gasteiger partial charge on any atom is 0.471 e. The van der Waals surface area contributed by atoms with Gasteiger partial charge in [-0.2, -0.15) is 26.3 Å². The van der Waals surface area contributed by atoms with Gasteiger partial charge in [-0.3, -0.25) is 24.2 Å². The van der Waals surface area contributed by atoms with Gasteiger partial charge in [0.15, 0.2) is 0 Å². The third kappa shape index (κ3) is 16.8. The SMILES string of the molecule is CC(=O)N1CCCN(C(=O)C(F)(F)F)CCN(C(=O)F)CCCN(Cc2ccc(CN3CCCN(C(=O)C(F)(F)F)CCN(C(=O)F)CCCN(C(=O)F)CC3)cc2)CC1. The largest absolute Gasteiger partial charge is 0.471 e. The first-order chi connectivity index (χ1) is 28.1. The molecular formula is C37H51F9N8O6. The van der Waals surface area contributed by atoms with Crippen LogP contribution in [0, 0.1) is 0 Å². The predicted octanol–water partition coefficient (Wildman–Crippen LogP) is 4.68. The Bertz CT molecular complexity index is 1600. The zero-order valence-electron chi connectivity index (χ0n) is 33.3. The van der Waals surface area contributed by atoms with Crippen LogP contribution in [0.5, 0.6) is 0 Å². The van der Waals surface area contributed by atoms with Crippen molar-refractivity contribution < 1.29 is 68.3 Å². The fourth-order valence-corrected chi connectivity index (χ4v) is 6.97. The van der Waals surface area contributed by atoms with Gasteiger partial charge in [-0.1, -0.05) is 24.3 Å². The van der Waals surface area contributed by atoms with Gasteiger partial charge < -0.3 is 29.4 Å². The lowest BCUT2D eigenvalue weighted by molar-refractivity contribution is -0.185. The van der Waals surface area contributed by atoms with Gasteiger partial charge >= 0.3 is 42.6 Å². The molecule has 60 heavy (non-hydrogen) atoms. The summed E-state index contributed by atoms with van der Waals surface area (Å²) in [5.41, 5.74) is 1.53. The predicted molar refractivity (Wildman–Crippen MR) is 197 cm³/mol. The van der Waals surface area contributed by atoms with Gasteiger partial charge in [-0.25, -0.2) is 14.4 Å². The van der Waals surface area contributed by atoms with Crippen molar-refractivity contribution in [1.29, 1.82) is 0 Å². The number of hydrogen-bond acceptors (Lipinski definition) is 8. The molecule has 2 fully saturated rings. The Labute approximate surface area is 341 Å². The number of hydrogen-bond donors (Lipinski definition) is 0. The van der Waals surface area contributed by atoms with Crippen molar-refractivity contribution in [2.24, 2.45) is 0 Å². The molecule has 2 heterocycles. The van der Waals surface area contributed by atoms with Gasteiger partial charge in [-0.05, 0) is 36.8 Å². The molecule has 2 aliphatic rings. The smallest absolute Gasteiger partial charge is 0.342 e. The molecule has 0 radical (unpaired) electrons. The fraction of sp³-hybridized carbons (Fsp3) is 0.676. The molecule has 3 rings (SSSR count). The molecule has 0 N–H and O–H groups in total. The number of carbonyl (C=O) groups is 6. The maximum atomic E-state index is 14.0. The lowest BCUT2D eigenvalue weighted by Crippen LogP contribution is -2.47. The summed E-state index contributed by atoms with van der Waals surface area (Å²) in [6, 6.07) is 7.17. The van der Waals surface area contributed by atoms with Gasteiger partial charge in [0.1, 0.15) is 0 Å². The van der Waals surface area contributed by atoms with Crippen LogP contribution in [0.1, 0.15) is 43.7 Å². The highest BCUT2D eigenvalue weighted by atomic mass is 19.4. The molecule has 0 atom stereocenters. The highest BCUT2D eigenvalue weighted by Crippen LogP contribution is 2.21. The number of benzene rings is 1. The van der Waals surface area contributed by atoms with Gasteiger partial charge in [0.2, 0.25) is 5.91 Å². The first kappa shape index (κ1) is 49.7. The second-order valence-electron chi connectivity index (χ2n) is 14.6. The first-order valence-corrected chi connectivity index (χ1v) is 19.5. The molecular weight excluding hydrogens is 823 g/mol. The van der Waals surface area contributed by atoms with E-state index in [9.17, 15) is 68.3 Å². The van der Waals surface area contributed by atoms with Gasteiger partial charge in [0, 0.05) is 125 Å². The molecule has 0 bridgehead atoms. The lowest BCUT2D eigenvalue weighted by atomic mass is 10.1. The monoisotopic (exact) mass is 874 g/mol.